The number of sulfone groups is 1. The van der Waals surface area contributed by atoms with Gasteiger partial charge in [0.1, 0.15) is 11.0 Å². The van der Waals surface area contributed by atoms with Crippen molar-refractivity contribution in [2.24, 2.45) is 0 Å². The summed E-state index contributed by atoms with van der Waals surface area (Å²) in [5.41, 5.74) is 1.02. The molecule has 2 aromatic rings. The first-order valence-corrected chi connectivity index (χ1v) is 11.2. The standard InChI is InChI=1S/C21H28N2O5S/c1-5-15(4)23-21(25)20(24)22-13-19(18-7-6-12-28-18)29(26,27)17-10-8-16(9-11-17)14(2)3/h6-12,14-15,19H,5,13H2,1-4H3,(H,22,24)(H,23,25)/t15-,19-/m0/s1. The van der Waals surface area contributed by atoms with E-state index in [0.717, 1.165) is 5.56 Å². The summed E-state index contributed by atoms with van der Waals surface area (Å²) in [7, 11) is -3.86. The number of carbonyl (C=O) groups is 2. The molecule has 2 N–H and O–H groups in total. The molecule has 0 aliphatic rings. The van der Waals surface area contributed by atoms with Crippen molar-refractivity contribution in [3.63, 3.8) is 0 Å². The molecule has 1 heterocycles. The zero-order valence-corrected chi connectivity index (χ0v) is 18.0. The van der Waals surface area contributed by atoms with E-state index in [1.54, 1.807) is 37.3 Å². The topological polar surface area (TPSA) is 105 Å². The molecule has 0 saturated heterocycles. The Morgan fingerprint density at radius 3 is 2.21 bits per heavy atom. The Bertz CT molecular complexity index is 918. The van der Waals surface area contributed by atoms with Crippen molar-refractivity contribution in [2.75, 3.05) is 6.54 Å². The first-order chi connectivity index (χ1) is 13.7. The lowest BCUT2D eigenvalue weighted by atomic mass is 10.0. The van der Waals surface area contributed by atoms with Crippen molar-refractivity contribution < 1.29 is 22.4 Å². The normalized spacial score (nSPS) is 13.7. The fraction of sp³-hybridized carbons (Fsp3) is 0.429. The molecule has 7 nitrogen and oxygen atoms in total. The monoisotopic (exact) mass is 420 g/mol. The Morgan fingerprint density at radius 2 is 1.69 bits per heavy atom. The van der Waals surface area contributed by atoms with Gasteiger partial charge in [0.05, 0.1) is 11.2 Å². The highest BCUT2D eigenvalue weighted by Gasteiger charge is 2.32. The van der Waals surface area contributed by atoms with E-state index in [0.29, 0.717) is 6.42 Å². The molecule has 1 aromatic heterocycles. The first-order valence-electron chi connectivity index (χ1n) is 9.62. The Hall–Kier alpha value is -2.61. The SMILES string of the molecule is CC[C@H](C)NC(=O)C(=O)NC[C@@H](c1ccco1)S(=O)(=O)c1ccc(C(C)C)cc1. The van der Waals surface area contributed by atoms with E-state index in [2.05, 4.69) is 10.6 Å². The van der Waals surface area contributed by atoms with Crippen LogP contribution in [0.1, 0.15) is 56.6 Å². The van der Waals surface area contributed by atoms with Crippen molar-refractivity contribution in [3.05, 3.63) is 54.0 Å². The highest BCUT2D eigenvalue weighted by atomic mass is 32.2. The predicted octanol–water partition coefficient (Wildman–Crippen LogP) is 2.95. The quantitative estimate of drug-likeness (QED) is 0.639. The van der Waals surface area contributed by atoms with Crippen LogP contribution in [0.15, 0.2) is 52.0 Å². The molecule has 0 aliphatic heterocycles. The summed E-state index contributed by atoms with van der Waals surface area (Å²) >= 11 is 0. The van der Waals surface area contributed by atoms with Crippen LogP contribution in [0, 0.1) is 0 Å². The minimum absolute atomic E-state index is 0.126. The van der Waals surface area contributed by atoms with Crippen LogP contribution in [0.5, 0.6) is 0 Å². The fourth-order valence-electron chi connectivity index (χ4n) is 2.70. The highest BCUT2D eigenvalue weighted by molar-refractivity contribution is 7.91. The number of rotatable bonds is 8. The number of amides is 2. The largest absolute Gasteiger partial charge is 0.468 e. The minimum atomic E-state index is -3.86. The fourth-order valence-corrected chi connectivity index (χ4v) is 4.29. The molecule has 158 valence electrons. The van der Waals surface area contributed by atoms with Gasteiger partial charge in [0.15, 0.2) is 9.84 Å². The maximum atomic E-state index is 13.2. The zero-order chi connectivity index (χ0) is 21.6. The van der Waals surface area contributed by atoms with Gasteiger partial charge in [-0.15, -0.1) is 0 Å². The molecule has 0 radical (unpaired) electrons. The van der Waals surface area contributed by atoms with E-state index in [1.807, 2.05) is 20.8 Å². The van der Waals surface area contributed by atoms with Gasteiger partial charge in [0.25, 0.3) is 0 Å². The van der Waals surface area contributed by atoms with E-state index in [1.165, 1.54) is 12.3 Å². The second-order valence-corrected chi connectivity index (χ2v) is 9.40. The molecule has 29 heavy (non-hydrogen) atoms. The van der Waals surface area contributed by atoms with Gasteiger partial charge in [-0.1, -0.05) is 32.9 Å². The highest BCUT2D eigenvalue weighted by Crippen LogP contribution is 2.29. The smallest absolute Gasteiger partial charge is 0.309 e. The van der Waals surface area contributed by atoms with E-state index in [-0.39, 0.29) is 29.2 Å². The van der Waals surface area contributed by atoms with E-state index >= 15 is 0 Å². The maximum Gasteiger partial charge on any atom is 0.309 e. The zero-order valence-electron chi connectivity index (χ0n) is 17.1. The van der Waals surface area contributed by atoms with Gasteiger partial charge in [-0.05, 0) is 49.1 Å². The van der Waals surface area contributed by atoms with Gasteiger partial charge in [0, 0.05) is 12.6 Å². The third-order valence-electron chi connectivity index (χ3n) is 4.75. The van der Waals surface area contributed by atoms with Crippen LogP contribution in [0.25, 0.3) is 0 Å². The van der Waals surface area contributed by atoms with Gasteiger partial charge in [-0.2, -0.15) is 0 Å². The molecule has 0 spiro atoms. The lowest BCUT2D eigenvalue weighted by Gasteiger charge is -2.17. The van der Waals surface area contributed by atoms with Crippen LogP contribution in [-0.2, 0) is 19.4 Å². The maximum absolute atomic E-state index is 13.2. The van der Waals surface area contributed by atoms with Crippen molar-refractivity contribution in [3.8, 4) is 0 Å². The molecule has 2 rings (SSSR count). The van der Waals surface area contributed by atoms with Crippen LogP contribution >= 0.6 is 0 Å². The first kappa shape index (κ1) is 22.7. The molecular formula is C21H28N2O5S. The number of nitrogens with one attached hydrogen (secondary N) is 2. The summed E-state index contributed by atoms with van der Waals surface area (Å²) < 4.78 is 31.7. The average Bonchev–Trinajstić information content (AvgIpc) is 3.21. The second kappa shape index (κ2) is 9.73. The van der Waals surface area contributed by atoms with Crippen LogP contribution < -0.4 is 10.6 Å². The average molecular weight is 421 g/mol. The van der Waals surface area contributed by atoms with Crippen molar-refractivity contribution in [2.45, 2.75) is 56.2 Å². The minimum Gasteiger partial charge on any atom is -0.468 e. The summed E-state index contributed by atoms with van der Waals surface area (Å²) in [6, 6.07) is 9.62. The van der Waals surface area contributed by atoms with Gasteiger partial charge in [-0.3, -0.25) is 9.59 Å². The Morgan fingerprint density at radius 1 is 1.03 bits per heavy atom. The van der Waals surface area contributed by atoms with Crippen molar-refractivity contribution in [1.29, 1.82) is 0 Å². The number of furan rings is 1. The summed E-state index contributed by atoms with van der Waals surface area (Å²) in [5.74, 6) is -1.21. The molecular weight excluding hydrogens is 392 g/mol. The van der Waals surface area contributed by atoms with Gasteiger partial charge in [0.2, 0.25) is 0 Å². The predicted molar refractivity (Wildman–Crippen MR) is 110 cm³/mol. The summed E-state index contributed by atoms with van der Waals surface area (Å²) in [6.07, 6.45) is 2.05. The Kier molecular flexibility index (Phi) is 7.61. The van der Waals surface area contributed by atoms with Gasteiger partial charge in [-0.25, -0.2) is 8.42 Å². The van der Waals surface area contributed by atoms with Crippen LogP contribution in [0.4, 0.5) is 0 Å². The molecule has 0 aliphatic carbocycles. The Balaban J connectivity index is 2.22. The van der Waals surface area contributed by atoms with E-state index < -0.39 is 26.9 Å². The Labute approximate surface area is 171 Å². The molecule has 2 atom stereocenters. The molecule has 1 aromatic carbocycles. The van der Waals surface area contributed by atoms with Crippen molar-refractivity contribution in [1.82, 2.24) is 10.6 Å². The molecule has 0 unspecified atom stereocenters. The third kappa shape index (κ3) is 5.69. The number of carbonyl (C=O) groups excluding carboxylic acids is 2. The molecule has 0 fully saturated rings. The molecule has 2 amide bonds. The second-order valence-electron chi connectivity index (χ2n) is 7.27. The van der Waals surface area contributed by atoms with Gasteiger partial charge >= 0.3 is 11.8 Å². The van der Waals surface area contributed by atoms with E-state index in [9.17, 15) is 18.0 Å². The molecule has 0 saturated carbocycles. The third-order valence-corrected chi connectivity index (χ3v) is 6.83. The van der Waals surface area contributed by atoms with Crippen LogP contribution in [-0.4, -0.2) is 32.8 Å². The van der Waals surface area contributed by atoms with E-state index in [4.69, 9.17) is 4.42 Å². The van der Waals surface area contributed by atoms with Crippen LogP contribution in [0.3, 0.4) is 0 Å². The number of benzene rings is 1. The van der Waals surface area contributed by atoms with Crippen LogP contribution in [0.2, 0.25) is 0 Å². The van der Waals surface area contributed by atoms with Gasteiger partial charge < -0.3 is 15.1 Å². The number of hydrogen-bond donors (Lipinski definition) is 2. The summed E-state index contributed by atoms with van der Waals surface area (Å²) in [4.78, 5) is 24.2. The summed E-state index contributed by atoms with van der Waals surface area (Å²) in [5, 5.41) is 3.82. The molecule has 8 heteroatoms. The lowest BCUT2D eigenvalue weighted by molar-refractivity contribution is -0.139. The number of hydrogen-bond acceptors (Lipinski definition) is 5. The van der Waals surface area contributed by atoms with Crippen molar-refractivity contribution >= 4 is 21.7 Å². The molecule has 0 bridgehead atoms. The summed E-state index contributed by atoms with van der Waals surface area (Å²) in [6.45, 7) is 7.42. The lowest BCUT2D eigenvalue weighted by Crippen LogP contribution is -2.45.